The van der Waals surface area contributed by atoms with Crippen LogP contribution in [-0.4, -0.2) is 10.0 Å². The lowest BCUT2D eigenvalue weighted by Gasteiger charge is -2.11. The topological polar surface area (TPSA) is 72.6 Å². The van der Waals surface area contributed by atoms with Gasteiger partial charge in [-0.05, 0) is 40.2 Å². The van der Waals surface area contributed by atoms with Crippen molar-refractivity contribution in [3.63, 3.8) is 0 Å². The van der Waals surface area contributed by atoms with Crippen molar-refractivity contribution in [3.05, 3.63) is 61.0 Å². The van der Waals surface area contributed by atoms with E-state index in [1.807, 2.05) is 0 Å². The lowest BCUT2D eigenvalue weighted by Crippen LogP contribution is -1.97. The number of hydrogen-bond donors (Lipinski definition) is 1. The first-order chi connectivity index (χ1) is 9.52. The second-order valence-corrected chi connectivity index (χ2v) is 5.63. The summed E-state index contributed by atoms with van der Waals surface area (Å²) in [6, 6.07) is 9.63. The van der Waals surface area contributed by atoms with Crippen molar-refractivity contribution in [1.29, 1.82) is 0 Å². The number of hydrogen-bond acceptors (Lipinski definition) is 4. The molecule has 20 heavy (non-hydrogen) atoms. The number of aliphatic hydroxyl groups excluding tert-OH is 1. The third-order valence-corrected chi connectivity index (χ3v) is 3.67. The Hall–Kier alpha value is -1.44. The number of nitro groups is 1. The molecule has 0 aliphatic carbocycles. The van der Waals surface area contributed by atoms with Crippen molar-refractivity contribution in [1.82, 2.24) is 0 Å². The molecule has 0 fully saturated rings. The van der Waals surface area contributed by atoms with Gasteiger partial charge in [-0.1, -0.05) is 22.0 Å². The Kier molecular flexibility index (Phi) is 4.74. The van der Waals surface area contributed by atoms with E-state index in [9.17, 15) is 15.2 Å². The fraction of sp³-hybridized carbons (Fsp3) is 0.0769. The van der Waals surface area contributed by atoms with Gasteiger partial charge in [0, 0.05) is 16.1 Å². The number of rotatable bonds is 4. The van der Waals surface area contributed by atoms with E-state index >= 15 is 0 Å². The van der Waals surface area contributed by atoms with Crippen LogP contribution in [0.25, 0.3) is 0 Å². The quantitative estimate of drug-likeness (QED) is 0.607. The van der Waals surface area contributed by atoms with Crippen LogP contribution in [0, 0.1) is 10.1 Å². The van der Waals surface area contributed by atoms with Gasteiger partial charge in [0.1, 0.15) is 5.75 Å². The van der Waals surface area contributed by atoms with Crippen LogP contribution in [0.5, 0.6) is 11.5 Å². The Morgan fingerprint density at radius 3 is 2.65 bits per heavy atom. The molecule has 2 aromatic rings. The highest BCUT2D eigenvalue weighted by Gasteiger charge is 2.19. The Labute approximate surface area is 131 Å². The Balaban J connectivity index is 2.47. The molecule has 0 heterocycles. The summed E-state index contributed by atoms with van der Waals surface area (Å²) in [6.45, 7) is -0.229. The summed E-state index contributed by atoms with van der Waals surface area (Å²) in [6.07, 6.45) is 0. The first-order valence-corrected chi connectivity index (χ1v) is 7.11. The van der Waals surface area contributed by atoms with E-state index in [2.05, 4.69) is 31.9 Å². The first-order valence-electron chi connectivity index (χ1n) is 5.53. The van der Waals surface area contributed by atoms with Gasteiger partial charge in [0.15, 0.2) is 0 Å². The minimum atomic E-state index is -0.516. The lowest BCUT2D eigenvalue weighted by molar-refractivity contribution is -0.385. The number of halogens is 2. The molecule has 7 heteroatoms. The van der Waals surface area contributed by atoms with Crippen LogP contribution in [0.4, 0.5) is 5.69 Å². The molecule has 0 atom stereocenters. The van der Waals surface area contributed by atoms with E-state index in [0.717, 1.165) is 4.47 Å². The van der Waals surface area contributed by atoms with Gasteiger partial charge in [-0.25, -0.2) is 0 Å². The molecule has 0 amide bonds. The number of para-hydroxylation sites is 1. The smallest absolute Gasteiger partial charge is 0.312 e. The summed E-state index contributed by atoms with van der Waals surface area (Å²) in [7, 11) is 0. The molecule has 0 spiro atoms. The van der Waals surface area contributed by atoms with Gasteiger partial charge in [-0.2, -0.15) is 0 Å². The number of nitrogens with zero attached hydrogens (tertiary/aromatic N) is 1. The summed E-state index contributed by atoms with van der Waals surface area (Å²) in [4.78, 5) is 10.5. The highest BCUT2D eigenvalue weighted by atomic mass is 79.9. The van der Waals surface area contributed by atoms with Gasteiger partial charge >= 0.3 is 5.69 Å². The van der Waals surface area contributed by atoms with Crippen LogP contribution in [0.1, 0.15) is 5.56 Å². The summed E-state index contributed by atoms with van der Waals surface area (Å²) in [5.74, 6) is 0.472. The fourth-order valence-corrected chi connectivity index (χ4v) is 2.47. The highest BCUT2D eigenvalue weighted by Crippen LogP contribution is 2.39. The first kappa shape index (κ1) is 15.0. The van der Waals surface area contributed by atoms with Crippen LogP contribution >= 0.6 is 31.9 Å². The molecule has 2 rings (SSSR count). The van der Waals surface area contributed by atoms with E-state index in [0.29, 0.717) is 15.8 Å². The lowest BCUT2D eigenvalue weighted by atomic mass is 10.2. The Morgan fingerprint density at radius 2 is 2.00 bits per heavy atom. The zero-order valence-electron chi connectivity index (χ0n) is 10.0. The molecule has 2 aromatic carbocycles. The average molecular weight is 403 g/mol. The van der Waals surface area contributed by atoms with E-state index < -0.39 is 4.92 Å². The fourth-order valence-electron chi connectivity index (χ4n) is 1.62. The molecule has 0 unspecified atom stereocenters. The summed E-state index contributed by atoms with van der Waals surface area (Å²) in [5.41, 5.74) is 0.385. The molecule has 0 aromatic heterocycles. The molecule has 1 N–H and O–H groups in total. The van der Waals surface area contributed by atoms with Gasteiger partial charge in [-0.3, -0.25) is 10.1 Å². The Morgan fingerprint density at radius 1 is 1.25 bits per heavy atom. The van der Waals surface area contributed by atoms with E-state index in [4.69, 9.17) is 4.74 Å². The average Bonchev–Trinajstić information content (AvgIpc) is 2.42. The predicted molar refractivity (Wildman–Crippen MR) is 80.9 cm³/mol. The van der Waals surface area contributed by atoms with Crippen LogP contribution < -0.4 is 4.74 Å². The van der Waals surface area contributed by atoms with Gasteiger partial charge < -0.3 is 9.84 Å². The second-order valence-electron chi connectivity index (χ2n) is 3.86. The normalized spacial score (nSPS) is 10.3. The van der Waals surface area contributed by atoms with Crippen molar-refractivity contribution in [2.75, 3.05) is 0 Å². The Bertz CT molecular complexity index is 661. The van der Waals surface area contributed by atoms with Crippen molar-refractivity contribution >= 4 is 37.5 Å². The van der Waals surface area contributed by atoms with Crippen LogP contribution in [0.3, 0.4) is 0 Å². The van der Waals surface area contributed by atoms with Crippen molar-refractivity contribution < 1.29 is 14.8 Å². The molecule has 0 aliphatic heterocycles. The number of nitro benzene ring substituents is 1. The second kappa shape index (κ2) is 6.34. The molecule has 0 saturated carbocycles. The van der Waals surface area contributed by atoms with Gasteiger partial charge in [0.25, 0.3) is 0 Å². The molecular formula is C13H9Br2NO4. The minimum Gasteiger partial charge on any atom is -0.449 e. The van der Waals surface area contributed by atoms with Crippen molar-refractivity contribution in [2.45, 2.75) is 6.61 Å². The maximum Gasteiger partial charge on any atom is 0.312 e. The number of aliphatic hydroxyl groups is 1. The third-order valence-electron chi connectivity index (χ3n) is 2.55. The largest absolute Gasteiger partial charge is 0.449 e. The maximum atomic E-state index is 11.0. The molecule has 5 nitrogen and oxygen atoms in total. The van der Waals surface area contributed by atoms with Gasteiger partial charge in [0.05, 0.1) is 16.0 Å². The van der Waals surface area contributed by atoms with Gasteiger partial charge in [0.2, 0.25) is 5.75 Å². The minimum absolute atomic E-state index is 0.106. The van der Waals surface area contributed by atoms with E-state index in [1.54, 1.807) is 30.3 Å². The maximum absolute atomic E-state index is 11.0. The summed E-state index contributed by atoms with van der Waals surface area (Å²) >= 11 is 6.52. The van der Waals surface area contributed by atoms with Crippen LogP contribution in [0.2, 0.25) is 0 Å². The number of ether oxygens (including phenoxy) is 1. The standard InChI is InChI=1S/C13H9Br2NO4/c14-9-4-5-12(8(6-9)7-17)20-13-10(15)2-1-3-11(13)16(18)19/h1-6,17H,7H2. The zero-order chi connectivity index (χ0) is 14.7. The summed E-state index contributed by atoms with van der Waals surface area (Å²) < 4.78 is 6.87. The molecule has 0 saturated heterocycles. The molecule has 104 valence electrons. The third kappa shape index (κ3) is 3.17. The monoisotopic (exact) mass is 401 g/mol. The predicted octanol–water partition coefficient (Wildman–Crippen LogP) is 4.40. The molecule has 0 bridgehead atoms. The molecule has 0 aliphatic rings. The highest BCUT2D eigenvalue weighted by molar-refractivity contribution is 9.10. The van der Waals surface area contributed by atoms with E-state index in [-0.39, 0.29) is 18.0 Å². The number of benzene rings is 2. The van der Waals surface area contributed by atoms with E-state index in [1.165, 1.54) is 6.07 Å². The van der Waals surface area contributed by atoms with Crippen LogP contribution in [-0.2, 0) is 6.61 Å². The summed E-state index contributed by atoms with van der Waals surface area (Å²) in [5, 5.41) is 20.3. The molecule has 0 radical (unpaired) electrons. The SMILES string of the molecule is O=[N+]([O-])c1cccc(Br)c1Oc1ccc(Br)cc1CO. The van der Waals surface area contributed by atoms with Gasteiger partial charge in [-0.15, -0.1) is 0 Å². The zero-order valence-corrected chi connectivity index (χ0v) is 13.2. The van der Waals surface area contributed by atoms with Crippen molar-refractivity contribution in [2.24, 2.45) is 0 Å². The molecular weight excluding hydrogens is 394 g/mol. The van der Waals surface area contributed by atoms with Crippen molar-refractivity contribution in [3.8, 4) is 11.5 Å². The van der Waals surface area contributed by atoms with Crippen LogP contribution in [0.15, 0.2) is 45.3 Å².